The summed E-state index contributed by atoms with van der Waals surface area (Å²) in [5, 5.41) is 31.1. The van der Waals surface area contributed by atoms with Gasteiger partial charge in [0.2, 0.25) is 0 Å². The van der Waals surface area contributed by atoms with Gasteiger partial charge in [-0.1, -0.05) is 30.3 Å². The van der Waals surface area contributed by atoms with Crippen molar-refractivity contribution < 1.29 is 33.2 Å². The number of nitrogens with zero attached hydrogens (tertiary/aromatic N) is 3. The fourth-order valence-corrected chi connectivity index (χ4v) is 4.17. The van der Waals surface area contributed by atoms with E-state index >= 15 is 0 Å². The summed E-state index contributed by atoms with van der Waals surface area (Å²) in [6.45, 7) is 3.03. The molecule has 9 nitrogen and oxygen atoms in total. The topological polar surface area (TPSA) is 126 Å². The van der Waals surface area contributed by atoms with E-state index in [0.29, 0.717) is 24.9 Å². The number of nitriles is 1. The van der Waals surface area contributed by atoms with Crippen molar-refractivity contribution in [3.63, 3.8) is 0 Å². The number of carbonyl (C=O) groups is 2. The van der Waals surface area contributed by atoms with E-state index in [1.807, 2.05) is 6.07 Å². The third-order valence-corrected chi connectivity index (χ3v) is 6.48. The van der Waals surface area contributed by atoms with Crippen LogP contribution >= 0.6 is 0 Å². The van der Waals surface area contributed by atoms with E-state index < -0.39 is 49.7 Å². The molecule has 0 unspecified atom stereocenters. The Balaban J connectivity index is 2.08. The molecule has 1 aliphatic heterocycles. The smallest absolute Gasteiger partial charge is 0.447 e. The quantitative estimate of drug-likeness (QED) is 0.233. The van der Waals surface area contributed by atoms with Gasteiger partial charge in [0, 0.05) is 18.4 Å². The molecule has 1 aromatic carbocycles. The molecule has 0 bridgehead atoms. The van der Waals surface area contributed by atoms with Crippen LogP contribution in [0.5, 0.6) is 0 Å². The van der Waals surface area contributed by atoms with Crippen molar-refractivity contribution in [3.05, 3.63) is 47.5 Å². The largest absolute Gasteiger partial charge is 0.453 e. The number of halogens is 2. The molecule has 1 saturated heterocycles. The number of piperidine rings is 1. The SMILES string of the molecule is CN(CC(F)F)C(C)(C)C=C(C#N)C(=O)N1CCCC[C@@H]1COC(=O)N[C@H](CB(O)O)c1ccccc1. The molecule has 1 fully saturated rings. The summed E-state index contributed by atoms with van der Waals surface area (Å²) in [5.41, 5.74) is -0.462. The number of benzene rings is 1. The highest BCUT2D eigenvalue weighted by Gasteiger charge is 2.32. The lowest BCUT2D eigenvalue weighted by Gasteiger charge is -2.36. The molecule has 0 spiro atoms. The van der Waals surface area contributed by atoms with Gasteiger partial charge in [-0.25, -0.2) is 13.6 Å². The number of hydrogen-bond donors (Lipinski definition) is 3. The van der Waals surface area contributed by atoms with Crippen LogP contribution in [0, 0.1) is 11.3 Å². The minimum atomic E-state index is -2.56. The number of ether oxygens (including phenoxy) is 1. The summed E-state index contributed by atoms with van der Waals surface area (Å²) in [7, 11) is -0.145. The van der Waals surface area contributed by atoms with Gasteiger partial charge in [-0.3, -0.25) is 9.69 Å². The second kappa shape index (κ2) is 14.1. The number of nitrogens with one attached hydrogen (secondary N) is 1. The van der Waals surface area contributed by atoms with Crippen molar-refractivity contribution in [1.29, 1.82) is 5.26 Å². The first-order valence-electron chi connectivity index (χ1n) is 12.2. The van der Waals surface area contributed by atoms with Crippen LogP contribution in [-0.2, 0) is 9.53 Å². The second-order valence-corrected chi connectivity index (χ2v) is 9.67. The van der Waals surface area contributed by atoms with Crippen molar-refractivity contribution >= 4 is 19.1 Å². The third kappa shape index (κ3) is 9.42. The van der Waals surface area contributed by atoms with Crippen molar-refractivity contribution in [2.75, 3.05) is 26.7 Å². The maximum Gasteiger partial charge on any atom is 0.453 e. The Morgan fingerprint density at radius 1 is 1.32 bits per heavy atom. The normalized spacial score (nSPS) is 17.4. The summed E-state index contributed by atoms with van der Waals surface area (Å²) >= 11 is 0. The zero-order valence-corrected chi connectivity index (χ0v) is 21.4. The van der Waals surface area contributed by atoms with Gasteiger partial charge in [0.25, 0.3) is 12.3 Å². The molecule has 0 saturated carbocycles. The van der Waals surface area contributed by atoms with Gasteiger partial charge >= 0.3 is 13.2 Å². The fourth-order valence-electron chi connectivity index (χ4n) is 4.17. The Morgan fingerprint density at radius 2 is 2.00 bits per heavy atom. The minimum absolute atomic E-state index is 0.117. The molecule has 37 heavy (non-hydrogen) atoms. The van der Waals surface area contributed by atoms with E-state index in [-0.39, 0.29) is 18.5 Å². The first-order valence-corrected chi connectivity index (χ1v) is 12.2. The first kappa shape index (κ1) is 30.2. The Kier molecular flexibility index (Phi) is 11.5. The van der Waals surface area contributed by atoms with Crippen LogP contribution in [0.3, 0.4) is 0 Å². The molecule has 0 radical (unpaired) electrons. The zero-order valence-electron chi connectivity index (χ0n) is 21.4. The van der Waals surface area contributed by atoms with Crippen molar-refractivity contribution in [1.82, 2.24) is 15.1 Å². The molecule has 12 heteroatoms. The summed E-state index contributed by atoms with van der Waals surface area (Å²) in [6.07, 6.45) is -0.0114. The number of alkyl carbamates (subject to hydrolysis) is 1. The molecule has 1 heterocycles. The average Bonchev–Trinajstić information content (AvgIpc) is 2.85. The lowest BCUT2D eigenvalue weighted by Crippen LogP contribution is -2.48. The molecule has 3 N–H and O–H groups in total. The summed E-state index contributed by atoms with van der Waals surface area (Å²) < 4.78 is 31.1. The number of alkyl halides is 2. The Bertz CT molecular complexity index is 972. The summed E-state index contributed by atoms with van der Waals surface area (Å²) in [6, 6.07) is 9.54. The van der Waals surface area contributed by atoms with Crippen LogP contribution in [0.2, 0.25) is 6.32 Å². The van der Waals surface area contributed by atoms with E-state index in [1.165, 1.54) is 22.9 Å². The molecule has 2 rings (SSSR count). The predicted octanol–water partition coefficient (Wildman–Crippen LogP) is 2.73. The standard InChI is InChI=1S/C25H35BF2N4O5/c1-25(2,31(3)16-22(27)28)13-19(15-29)23(33)32-12-8-7-11-20(32)17-37-24(34)30-21(14-26(35)36)18-9-5-4-6-10-18/h4-6,9-10,13,20-22,35-36H,7-8,11-12,14,16-17H2,1-3H3,(H,30,34)/t20-,21-/m1/s1. The van der Waals surface area contributed by atoms with Crippen LogP contribution < -0.4 is 5.32 Å². The van der Waals surface area contributed by atoms with Gasteiger partial charge < -0.3 is 25.0 Å². The van der Waals surface area contributed by atoms with Gasteiger partial charge in [0.1, 0.15) is 18.2 Å². The molecular formula is C25H35BF2N4O5. The van der Waals surface area contributed by atoms with E-state index in [4.69, 9.17) is 4.74 Å². The van der Waals surface area contributed by atoms with Gasteiger partial charge in [-0.2, -0.15) is 5.26 Å². The predicted molar refractivity (Wildman–Crippen MR) is 134 cm³/mol. The fraction of sp³-hybridized carbons (Fsp3) is 0.560. The summed E-state index contributed by atoms with van der Waals surface area (Å²) in [5.74, 6) is -0.541. The van der Waals surface area contributed by atoms with Gasteiger partial charge in [0.15, 0.2) is 0 Å². The molecule has 1 aliphatic rings. The molecule has 202 valence electrons. The van der Waals surface area contributed by atoms with Crippen molar-refractivity contribution in [2.45, 2.75) is 63.5 Å². The van der Waals surface area contributed by atoms with E-state index in [9.17, 15) is 33.7 Å². The van der Waals surface area contributed by atoms with Crippen LogP contribution in [0.15, 0.2) is 42.0 Å². The number of hydrogen-bond acceptors (Lipinski definition) is 7. The van der Waals surface area contributed by atoms with Crippen molar-refractivity contribution in [2.24, 2.45) is 0 Å². The molecule has 1 aromatic rings. The maximum absolute atomic E-state index is 13.2. The van der Waals surface area contributed by atoms with Crippen LogP contribution in [0.25, 0.3) is 0 Å². The van der Waals surface area contributed by atoms with Crippen LogP contribution in [0.1, 0.15) is 44.7 Å². The Hall–Kier alpha value is -3.01. The zero-order chi connectivity index (χ0) is 27.6. The monoisotopic (exact) mass is 520 g/mol. The Morgan fingerprint density at radius 3 is 2.59 bits per heavy atom. The number of likely N-dealkylation sites (tertiary alicyclic amines) is 1. The average molecular weight is 520 g/mol. The number of amides is 2. The lowest BCUT2D eigenvalue weighted by molar-refractivity contribution is -0.131. The highest BCUT2D eigenvalue weighted by molar-refractivity contribution is 6.41. The highest BCUT2D eigenvalue weighted by Crippen LogP contribution is 2.23. The minimum Gasteiger partial charge on any atom is -0.447 e. The van der Waals surface area contributed by atoms with Crippen LogP contribution in [0.4, 0.5) is 13.6 Å². The number of carbonyl (C=O) groups excluding carboxylic acids is 2. The summed E-state index contributed by atoms with van der Waals surface area (Å²) in [4.78, 5) is 28.6. The first-order chi connectivity index (χ1) is 17.4. The number of rotatable bonds is 11. The van der Waals surface area contributed by atoms with E-state index in [2.05, 4.69) is 5.32 Å². The third-order valence-electron chi connectivity index (χ3n) is 6.48. The number of likely N-dealkylation sites (N-methyl/N-ethyl adjacent to an activating group) is 1. The van der Waals surface area contributed by atoms with Gasteiger partial charge in [0.05, 0.1) is 18.6 Å². The van der Waals surface area contributed by atoms with E-state index in [1.54, 1.807) is 44.2 Å². The van der Waals surface area contributed by atoms with Gasteiger partial charge in [-0.05, 0) is 51.8 Å². The molecular weight excluding hydrogens is 485 g/mol. The highest BCUT2D eigenvalue weighted by atomic mass is 19.3. The van der Waals surface area contributed by atoms with Crippen LogP contribution in [-0.4, -0.2) is 83.7 Å². The van der Waals surface area contributed by atoms with Crippen molar-refractivity contribution in [3.8, 4) is 6.07 Å². The maximum atomic E-state index is 13.2. The second-order valence-electron chi connectivity index (χ2n) is 9.67. The van der Waals surface area contributed by atoms with E-state index in [0.717, 1.165) is 6.42 Å². The molecule has 0 aromatic heterocycles. The molecule has 0 aliphatic carbocycles. The Labute approximate surface area is 216 Å². The van der Waals surface area contributed by atoms with Gasteiger partial charge in [-0.15, -0.1) is 0 Å². The lowest BCUT2D eigenvalue weighted by atomic mass is 9.79. The molecule has 2 atom stereocenters. The molecule has 2 amide bonds.